The molecule has 0 fully saturated rings. The van der Waals surface area contributed by atoms with Crippen LogP contribution in [0.5, 0.6) is 5.75 Å². The second kappa shape index (κ2) is 8.49. The van der Waals surface area contributed by atoms with Gasteiger partial charge < -0.3 is 9.15 Å². The molecule has 26 heavy (non-hydrogen) atoms. The Hall–Kier alpha value is -3.59. The van der Waals surface area contributed by atoms with Gasteiger partial charge in [0.15, 0.2) is 5.89 Å². The molecule has 0 aliphatic rings. The molecular formula is C20H18N4O2. The van der Waals surface area contributed by atoms with Crippen molar-refractivity contribution >= 4 is 12.1 Å². The van der Waals surface area contributed by atoms with E-state index < -0.39 is 0 Å². The Balaban J connectivity index is 1.56. The summed E-state index contributed by atoms with van der Waals surface area (Å²) < 4.78 is 11.2. The molecule has 0 saturated carbocycles. The number of oxazole rings is 1. The van der Waals surface area contributed by atoms with Gasteiger partial charge in [0.2, 0.25) is 5.69 Å². The summed E-state index contributed by atoms with van der Waals surface area (Å²) >= 11 is 0. The van der Waals surface area contributed by atoms with Gasteiger partial charge in [-0.2, -0.15) is 10.4 Å². The smallest absolute Gasteiger partial charge is 0.252 e. The average Bonchev–Trinajstić information content (AvgIpc) is 3.10. The molecule has 0 amide bonds. The van der Waals surface area contributed by atoms with Crippen LogP contribution in [0.3, 0.4) is 0 Å². The highest BCUT2D eigenvalue weighted by atomic mass is 16.5. The van der Waals surface area contributed by atoms with Gasteiger partial charge in [-0.25, -0.2) is 10.4 Å². The van der Waals surface area contributed by atoms with E-state index in [1.54, 1.807) is 6.21 Å². The van der Waals surface area contributed by atoms with Crippen LogP contribution in [0.4, 0.5) is 5.88 Å². The van der Waals surface area contributed by atoms with Gasteiger partial charge in [-0.05, 0) is 35.4 Å². The van der Waals surface area contributed by atoms with E-state index in [4.69, 9.17) is 14.4 Å². The van der Waals surface area contributed by atoms with Crippen LogP contribution >= 0.6 is 0 Å². The van der Waals surface area contributed by atoms with Crippen LogP contribution in [0.2, 0.25) is 0 Å². The Morgan fingerprint density at radius 3 is 2.65 bits per heavy atom. The number of ether oxygens (including phenoxy) is 1. The minimum Gasteiger partial charge on any atom is -0.489 e. The highest BCUT2D eigenvalue weighted by Crippen LogP contribution is 2.17. The van der Waals surface area contributed by atoms with Crippen LogP contribution in [0.15, 0.2) is 64.1 Å². The lowest BCUT2D eigenvalue weighted by atomic mass is 10.2. The number of hydrogen-bond acceptors (Lipinski definition) is 6. The molecule has 2 aromatic carbocycles. The van der Waals surface area contributed by atoms with E-state index in [1.807, 2.05) is 67.6 Å². The van der Waals surface area contributed by atoms with Gasteiger partial charge in [0, 0.05) is 6.42 Å². The normalized spacial score (nSPS) is 10.6. The summed E-state index contributed by atoms with van der Waals surface area (Å²) in [6.45, 7) is 2.43. The zero-order valence-electron chi connectivity index (χ0n) is 14.3. The minimum atomic E-state index is 0.198. The molecule has 1 heterocycles. The maximum Gasteiger partial charge on any atom is 0.252 e. The average molecular weight is 346 g/mol. The maximum atomic E-state index is 9.03. The predicted octanol–water partition coefficient (Wildman–Crippen LogP) is 4.13. The standard InChI is InChI=1S/C20H18N4O2/c1-2-19-23-18(12-21)20(26-19)24-22-13-15-8-10-17(11-9-15)25-14-16-6-4-3-5-7-16/h3-11,13,24H,2,14H2,1H3/b22-13-. The first kappa shape index (κ1) is 17.2. The van der Waals surface area contributed by atoms with E-state index in [-0.39, 0.29) is 11.6 Å². The zero-order chi connectivity index (χ0) is 18.2. The third-order valence-corrected chi connectivity index (χ3v) is 3.59. The molecule has 6 nitrogen and oxygen atoms in total. The van der Waals surface area contributed by atoms with Crippen LogP contribution in [0.25, 0.3) is 0 Å². The van der Waals surface area contributed by atoms with Crippen molar-refractivity contribution in [3.8, 4) is 11.8 Å². The lowest BCUT2D eigenvalue weighted by molar-refractivity contribution is 0.306. The van der Waals surface area contributed by atoms with Crippen LogP contribution in [-0.4, -0.2) is 11.2 Å². The van der Waals surface area contributed by atoms with E-state index in [1.165, 1.54) is 0 Å². The quantitative estimate of drug-likeness (QED) is 0.513. The van der Waals surface area contributed by atoms with Crippen molar-refractivity contribution in [1.29, 1.82) is 5.26 Å². The van der Waals surface area contributed by atoms with Crippen LogP contribution in [-0.2, 0) is 13.0 Å². The number of rotatable bonds is 7. The highest BCUT2D eigenvalue weighted by Gasteiger charge is 2.10. The van der Waals surface area contributed by atoms with E-state index in [0.29, 0.717) is 18.9 Å². The zero-order valence-corrected chi connectivity index (χ0v) is 14.3. The Bertz CT molecular complexity index is 909. The molecule has 0 aliphatic carbocycles. The van der Waals surface area contributed by atoms with Crippen molar-refractivity contribution in [2.24, 2.45) is 5.10 Å². The van der Waals surface area contributed by atoms with Crippen molar-refractivity contribution in [2.75, 3.05) is 5.43 Å². The van der Waals surface area contributed by atoms with Gasteiger partial charge in [-0.3, -0.25) is 0 Å². The van der Waals surface area contributed by atoms with Gasteiger partial charge >= 0.3 is 0 Å². The first-order valence-corrected chi connectivity index (χ1v) is 8.24. The van der Waals surface area contributed by atoms with Gasteiger partial charge in [-0.1, -0.05) is 37.3 Å². The van der Waals surface area contributed by atoms with E-state index in [0.717, 1.165) is 16.9 Å². The molecule has 0 atom stereocenters. The van der Waals surface area contributed by atoms with E-state index in [2.05, 4.69) is 15.5 Å². The number of hydrazone groups is 1. The molecule has 0 unspecified atom stereocenters. The molecule has 1 N–H and O–H groups in total. The molecule has 0 saturated heterocycles. The van der Waals surface area contributed by atoms with Crippen molar-refractivity contribution in [3.63, 3.8) is 0 Å². The second-order valence-corrected chi connectivity index (χ2v) is 5.46. The topological polar surface area (TPSA) is 83.4 Å². The molecule has 3 rings (SSSR count). The molecule has 0 aliphatic heterocycles. The second-order valence-electron chi connectivity index (χ2n) is 5.46. The number of aryl methyl sites for hydroxylation is 1. The summed E-state index contributed by atoms with van der Waals surface area (Å²) in [6, 6.07) is 19.5. The third-order valence-electron chi connectivity index (χ3n) is 3.59. The molecule has 130 valence electrons. The van der Waals surface area contributed by atoms with Crippen molar-refractivity contribution < 1.29 is 9.15 Å². The van der Waals surface area contributed by atoms with Crippen LogP contribution < -0.4 is 10.2 Å². The largest absolute Gasteiger partial charge is 0.489 e. The number of nitrogens with zero attached hydrogens (tertiary/aromatic N) is 3. The summed E-state index contributed by atoms with van der Waals surface area (Å²) in [5, 5.41) is 13.1. The fourth-order valence-corrected chi connectivity index (χ4v) is 2.22. The Kier molecular flexibility index (Phi) is 5.63. The molecule has 0 bridgehead atoms. The highest BCUT2D eigenvalue weighted by molar-refractivity contribution is 5.80. The monoisotopic (exact) mass is 346 g/mol. The van der Waals surface area contributed by atoms with E-state index in [9.17, 15) is 0 Å². The molecule has 0 spiro atoms. The van der Waals surface area contributed by atoms with Crippen molar-refractivity contribution in [3.05, 3.63) is 77.3 Å². The summed E-state index contributed by atoms with van der Waals surface area (Å²) in [5.41, 5.74) is 4.92. The van der Waals surface area contributed by atoms with Gasteiger partial charge in [0.1, 0.15) is 18.4 Å². The number of hydrogen-bond donors (Lipinski definition) is 1. The van der Waals surface area contributed by atoms with Gasteiger partial charge in [0.05, 0.1) is 6.21 Å². The summed E-state index contributed by atoms with van der Waals surface area (Å²) in [5.74, 6) is 1.54. The van der Waals surface area contributed by atoms with Gasteiger partial charge in [-0.15, -0.1) is 0 Å². The first-order valence-electron chi connectivity index (χ1n) is 8.24. The number of nitriles is 1. The molecule has 3 aromatic rings. The number of benzene rings is 2. The Labute approximate surface area is 151 Å². The lowest BCUT2D eigenvalue weighted by Gasteiger charge is -2.06. The fourth-order valence-electron chi connectivity index (χ4n) is 2.22. The van der Waals surface area contributed by atoms with E-state index >= 15 is 0 Å². The number of anilines is 1. The molecule has 0 radical (unpaired) electrons. The van der Waals surface area contributed by atoms with Crippen molar-refractivity contribution in [2.45, 2.75) is 20.0 Å². The molecule has 1 aromatic heterocycles. The lowest BCUT2D eigenvalue weighted by Crippen LogP contribution is -1.95. The fraction of sp³-hybridized carbons (Fsp3) is 0.150. The van der Waals surface area contributed by atoms with Gasteiger partial charge in [0.25, 0.3) is 5.88 Å². The Morgan fingerprint density at radius 2 is 1.96 bits per heavy atom. The van der Waals surface area contributed by atoms with Crippen LogP contribution in [0, 0.1) is 11.3 Å². The number of aromatic nitrogens is 1. The van der Waals surface area contributed by atoms with Crippen molar-refractivity contribution in [1.82, 2.24) is 4.98 Å². The first-order chi connectivity index (χ1) is 12.8. The number of nitrogens with one attached hydrogen (secondary N) is 1. The summed E-state index contributed by atoms with van der Waals surface area (Å²) in [6.07, 6.45) is 2.25. The SMILES string of the molecule is CCc1nc(C#N)c(N/N=C\c2ccc(OCc3ccccc3)cc2)o1. The van der Waals surface area contributed by atoms with Crippen LogP contribution in [0.1, 0.15) is 29.6 Å². The molecule has 6 heteroatoms. The Morgan fingerprint density at radius 1 is 1.19 bits per heavy atom. The predicted molar refractivity (Wildman–Crippen MR) is 99.0 cm³/mol. The summed E-state index contributed by atoms with van der Waals surface area (Å²) in [7, 11) is 0. The minimum absolute atomic E-state index is 0.198. The summed E-state index contributed by atoms with van der Waals surface area (Å²) in [4.78, 5) is 4.05. The maximum absolute atomic E-state index is 9.03. The molecular weight excluding hydrogens is 328 g/mol. The third kappa shape index (κ3) is 4.48.